The first-order valence-corrected chi connectivity index (χ1v) is 8.43. The van der Waals surface area contributed by atoms with Crippen LogP contribution < -0.4 is 5.73 Å². The molecular weight excluding hydrogens is 278 g/mol. The van der Waals surface area contributed by atoms with Crippen LogP contribution in [0, 0.1) is 0 Å². The smallest absolute Gasteiger partial charge is 0.0901 e. The van der Waals surface area contributed by atoms with E-state index in [1.54, 1.807) is 11.1 Å². The number of hydrogen-bond donors (Lipinski definition) is 1. The van der Waals surface area contributed by atoms with E-state index in [2.05, 4.69) is 41.0 Å². The zero-order chi connectivity index (χ0) is 14.8. The molecule has 2 atom stereocenters. The molecule has 2 aliphatic rings. The van der Waals surface area contributed by atoms with Crippen molar-refractivity contribution in [2.24, 2.45) is 5.73 Å². The fourth-order valence-corrected chi connectivity index (χ4v) is 4.05. The van der Waals surface area contributed by atoms with Gasteiger partial charge in [-0.2, -0.15) is 0 Å². The average molecular weight is 303 g/mol. The van der Waals surface area contributed by atoms with E-state index in [-0.39, 0.29) is 6.04 Å². The normalized spacial score (nSPS) is 24.1. The lowest BCUT2D eigenvalue weighted by atomic mass is 9.77. The van der Waals surface area contributed by atoms with Crippen molar-refractivity contribution in [3.05, 3.63) is 35.4 Å². The van der Waals surface area contributed by atoms with E-state index in [4.69, 9.17) is 18.0 Å². The summed E-state index contributed by atoms with van der Waals surface area (Å²) in [6, 6.07) is 9.15. The molecule has 1 fully saturated rings. The molecule has 1 saturated heterocycles. The quantitative estimate of drug-likeness (QED) is 0.844. The van der Waals surface area contributed by atoms with Crippen molar-refractivity contribution in [1.29, 1.82) is 0 Å². The van der Waals surface area contributed by atoms with Gasteiger partial charge >= 0.3 is 0 Å². The molecule has 4 heteroatoms. The molecule has 1 heterocycles. The van der Waals surface area contributed by atoms with Gasteiger partial charge in [-0.1, -0.05) is 43.4 Å². The molecule has 0 amide bonds. The number of nitrogens with two attached hydrogens (primary N) is 1. The van der Waals surface area contributed by atoms with Crippen LogP contribution in [0.5, 0.6) is 0 Å². The number of hydrogen-bond acceptors (Lipinski definition) is 3. The molecule has 0 bridgehead atoms. The van der Waals surface area contributed by atoms with Crippen molar-refractivity contribution in [2.45, 2.75) is 31.7 Å². The average Bonchev–Trinajstić information content (AvgIpc) is 2.47. The highest BCUT2D eigenvalue weighted by Crippen LogP contribution is 2.35. The summed E-state index contributed by atoms with van der Waals surface area (Å²) in [6.07, 6.45) is 2.27. The molecule has 1 aromatic carbocycles. The minimum absolute atomic E-state index is 0.284. The molecule has 1 aliphatic carbocycles. The predicted molar refractivity (Wildman–Crippen MR) is 91.8 cm³/mol. The monoisotopic (exact) mass is 303 g/mol. The van der Waals surface area contributed by atoms with Gasteiger partial charge in [0.2, 0.25) is 0 Å². The van der Waals surface area contributed by atoms with E-state index < -0.39 is 0 Å². The van der Waals surface area contributed by atoms with Crippen molar-refractivity contribution >= 4 is 17.2 Å². The summed E-state index contributed by atoms with van der Waals surface area (Å²) < 4.78 is 0. The van der Waals surface area contributed by atoms with E-state index in [1.165, 1.54) is 13.0 Å². The highest BCUT2D eigenvalue weighted by molar-refractivity contribution is 7.80. The Balaban J connectivity index is 1.50. The first kappa shape index (κ1) is 14.9. The van der Waals surface area contributed by atoms with Gasteiger partial charge in [-0.3, -0.25) is 4.90 Å². The van der Waals surface area contributed by atoms with Gasteiger partial charge in [0.15, 0.2) is 0 Å². The molecule has 2 N–H and O–H groups in total. The van der Waals surface area contributed by atoms with Crippen LogP contribution >= 0.6 is 12.2 Å². The summed E-state index contributed by atoms with van der Waals surface area (Å²) >= 11 is 5.19. The van der Waals surface area contributed by atoms with E-state index in [1.807, 2.05) is 0 Å². The minimum Gasteiger partial charge on any atom is -0.392 e. The first-order valence-electron chi connectivity index (χ1n) is 8.02. The third-order valence-corrected chi connectivity index (χ3v) is 5.27. The van der Waals surface area contributed by atoms with Gasteiger partial charge in [-0.25, -0.2) is 0 Å². The molecule has 1 aromatic rings. The molecule has 2 unspecified atom stereocenters. The second kappa shape index (κ2) is 6.42. The van der Waals surface area contributed by atoms with Gasteiger partial charge < -0.3 is 10.6 Å². The minimum atomic E-state index is 0.284. The van der Waals surface area contributed by atoms with Crippen LogP contribution in [0.25, 0.3) is 0 Å². The van der Waals surface area contributed by atoms with Crippen molar-refractivity contribution in [1.82, 2.24) is 9.80 Å². The number of piperazine rings is 1. The Morgan fingerprint density at radius 1 is 1.29 bits per heavy atom. The molecule has 1 aliphatic heterocycles. The molecule has 3 nitrogen and oxygen atoms in total. The van der Waals surface area contributed by atoms with Gasteiger partial charge in [0.1, 0.15) is 0 Å². The SMILES string of the molecule is CCC(C(N)=S)N1CCN(CC2Cc3ccccc32)CC1. The number of benzene rings is 1. The van der Waals surface area contributed by atoms with E-state index in [0.717, 1.165) is 38.5 Å². The highest BCUT2D eigenvalue weighted by Gasteiger charge is 2.30. The van der Waals surface area contributed by atoms with Gasteiger partial charge in [-0.15, -0.1) is 0 Å². The third kappa shape index (κ3) is 3.12. The first-order chi connectivity index (χ1) is 10.2. The Morgan fingerprint density at radius 3 is 2.62 bits per heavy atom. The Morgan fingerprint density at radius 2 is 2.00 bits per heavy atom. The lowest BCUT2D eigenvalue weighted by Crippen LogP contribution is -2.54. The zero-order valence-corrected chi connectivity index (χ0v) is 13.6. The maximum absolute atomic E-state index is 5.85. The van der Waals surface area contributed by atoms with Gasteiger partial charge in [0, 0.05) is 38.6 Å². The topological polar surface area (TPSA) is 32.5 Å². The van der Waals surface area contributed by atoms with Gasteiger partial charge in [-0.05, 0) is 24.0 Å². The van der Waals surface area contributed by atoms with Crippen LogP contribution in [0.15, 0.2) is 24.3 Å². The van der Waals surface area contributed by atoms with Crippen LogP contribution in [-0.4, -0.2) is 53.6 Å². The van der Waals surface area contributed by atoms with Crippen molar-refractivity contribution in [2.75, 3.05) is 32.7 Å². The van der Waals surface area contributed by atoms with Crippen LogP contribution in [-0.2, 0) is 6.42 Å². The standard InChI is InChI=1S/C17H25N3S/c1-2-16(17(18)21)20-9-7-19(8-10-20)12-14-11-13-5-3-4-6-15(13)14/h3-6,14,16H,2,7-12H2,1H3,(H2,18,21). The fraction of sp³-hybridized carbons (Fsp3) is 0.588. The van der Waals surface area contributed by atoms with Crippen LogP contribution in [0.1, 0.15) is 30.4 Å². The molecular formula is C17H25N3S. The summed E-state index contributed by atoms with van der Waals surface area (Å²) in [5, 5.41) is 0. The van der Waals surface area contributed by atoms with Crippen molar-refractivity contribution in [3.8, 4) is 0 Å². The fourth-order valence-electron chi connectivity index (χ4n) is 3.73. The molecule has 3 rings (SSSR count). The molecule has 0 saturated carbocycles. The molecule has 114 valence electrons. The molecule has 0 aromatic heterocycles. The van der Waals surface area contributed by atoms with E-state index in [9.17, 15) is 0 Å². The Hall–Kier alpha value is -0.970. The van der Waals surface area contributed by atoms with Crippen molar-refractivity contribution < 1.29 is 0 Å². The van der Waals surface area contributed by atoms with Gasteiger partial charge in [0.25, 0.3) is 0 Å². The maximum atomic E-state index is 5.85. The summed E-state index contributed by atoms with van der Waals surface area (Å²) in [5.74, 6) is 0.741. The lowest BCUT2D eigenvalue weighted by molar-refractivity contribution is 0.109. The van der Waals surface area contributed by atoms with Gasteiger partial charge in [0.05, 0.1) is 11.0 Å². The molecule has 0 radical (unpaired) electrons. The third-order valence-electron chi connectivity index (χ3n) is 5.00. The zero-order valence-electron chi connectivity index (χ0n) is 12.8. The number of thiocarbonyl (C=S) groups is 1. The highest BCUT2D eigenvalue weighted by atomic mass is 32.1. The van der Waals surface area contributed by atoms with Crippen molar-refractivity contribution in [3.63, 3.8) is 0 Å². The summed E-state index contributed by atoms with van der Waals surface area (Å²) in [4.78, 5) is 5.70. The lowest BCUT2D eigenvalue weighted by Gasteiger charge is -2.41. The second-order valence-corrected chi connectivity index (χ2v) is 6.73. The molecule has 21 heavy (non-hydrogen) atoms. The Labute approximate surface area is 133 Å². The summed E-state index contributed by atoms with van der Waals surface area (Å²) in [6.45, 7) is 7.82. The molecule has 0 spiro atoms. The van der Waals surface area contributed by atoms with Crippen LogP contribution in [0.4, 0.5) is 0 Å². The Bertz CT molecular complexity index is 509. The Kier molecular flexibility index (Phi) is 4.57. The number of nitrogens with zero attached hydrogens (tertiary/aromatic N) is 2. The van der Waals surface area contributed by atoms with Crippen LogP contribution in [0.2, 0.25) is 0 Å². The van der Waals surface area contributed by atoms with E-state index >= 15 is 0 Å². The summed E-state index contributed by atoms with van der Waals surface area (Å²) in [7, 11) is 0. The van der Waals surface area contributed by atoms with E-state index in [0.29, 0.717) is 4.99 Å². The van der Waals surface area contributed by atoms with Crippen LogP contribution in [0.3, 0.4) is 0 Å². The number of fused-ring (bicyclic) bond motifs is 1. The maximum Gasteiger partial charge on any atom is 0.0901 e. The largest absolute Gasteiger partial charge is 0.392 e. The second-order valence-electron chi connectivity index (χ2n) is 6.26. The number of rotatable bonds is 5. The predicted octanol–water partition coefficient (Wildman–Crippen LogP) is 2.01. The summed E-state index contributed by atoms with van der Waals surface area (Å²) in [5.41, 5.74) is 8.96.